The van der Waals surface area contributed by atoms with Gasteiger partial charge in [-0.15, -0.1) is 0 Å². The highest BCUT2D eigenvalue weighted by atomic mass is 19.4. The van der Waals surface area contributed by atoms with Crippen molar-refractivity contribution in [3.05, 3.63) is 34.9 Å². The number of hydrazone groups is 1. The van der Waals surface area contributed by atoms with Crippen molar-refractivity contribution >= 4 is 5.71 Å². The summed E-state index contributed by atoms with van der Waals surface area (Å²) in [5.74, 6) is -0.160. The number of hydrogen-bond donors (Lipinski definition) is 2. The molecule has 7 heteroatoms. The Morgan fingerprint density at radius 3 is 2.52 bits per heavy atom. The molecule has 1 aliphatic carbocycles. The van der Waals surface area contributed by atoms with Crippen molar-refractivity contribution in [2.75, 3.05) is 13.3 Å². The molecule has 2 N–H and O–H groups in total. The van der Waals surface area contributed by atoms with Crippen LogP contribution < -0.4 is 5.43 Å². The lowest BCUT2D eigenvalue weighted by atomic mass is 9.80. The van der Waals surface area contributed by atoms with Crippen molar-refractivity contribution in [3.8, 4) is 0 Å². The van der Waals surface area contributed by atoms with E-state index in [2.05, 4.69) is 10.5 Å². The molecule has 0 atom stereocenters. The maximum absolute atomic E-state index is 13.5. The minimum atomic E-state index is -4.41. The molecule has 0 saturated heterocycles. The highest BCUT2D eigenvalue weighted by molar-refractivity contribution is 6.01. The first kappa shape index (κ1) is 16.3. The number of alkyl halides is 3. The van der Waals surface area contributed by atoms with Gasteiger partial charge in [0.05, 0.1) is 24.0 Å². The van der Waals surface area contributed by atoms with Crippen LogP contribution in [0.5, 0.6) is 0 Å². The van der Waals surface area contributed by atoms with Crippen molar-refractivity contribution in [2.45, 2.75) is 43.9 Å². The molecule has 0 radical (unpaired) electrons. The van der Waals surface area contributed by atoms with Crippen LogP contribution in [0.25, 0.3) is 0 Å². The van der Waals surface area contributed by atoms with Crippen molar-refractivity contribution in [3.63, 3.8) is 0 Å². The summed E-state index contributed by atoms with van der Waals surface area (Å²) in [5, 5.41) is 13.6. The summed E-state index contributed by atoms with van der Waals surface area (Å²) in [6.07, 6.45) is -2.54. The zero-order valence-corrected chi connectivity index (χ0v) is 12.6. The molecule has 23 heavy (non-hydrogen) atoms. The summed E-state index contributed by atoms with van der Waals surface area (Å²) >= 11 is 0. The molecule has 1 saturated carbocycles. The Kier molecular flexibility index (Phi) is 4.59. The number of nitrogens with zero attached hydrogens (tertiary/aromatic N) is 1. The van der Waals surface area contributed by atoms with Crippen LogP contribution in [0.3, 0.4) is 0 Å². The Balaban J connectivity index is 1.94. The van der Waals surface area contributed by atoms with Gasteiger partial charge >= 0.3 is 6.18 Å². The van der Waals surface area contributed by atoms with Gasteiger partial charge in [0.2, 0.25) is 0 Å². The number of ether oxygens (including phenoxy) is 1. The van der Waals surface area contributed by atoms with Crippen LogP contribution >= 0.6 is 0 Å². The summed E-state index contributed by atoms with van der Waals surface area (Å²) in [7, 11) is 0. The third kappa shape index (κ3) is 3.67. The molecule has 0 unspecified atom stereocenters. The molecule has 1 heterocycles. The minimum Gasteiger partial charge on any atom is -0.393 e. The molecular formula is C16H19F3N2O2. The minimum absolute atomic E-state index is 0.160. The normalized spacial score (nSPS) is 25.7. The Morgan fingerprint density at radius 1 is 1.17 bits per heavy atom. The summed E-state index contributed by atoms with van der Waals surface area (Å²) in [6.45, 7) is 0.456. The van der Waals surface area contributed by atoms with Crippen molar-refractivity contribution < 1.29 is 23.0 Å². The van der Waals surface area contributed by atoms with E-state index in [0.29, 0.717) is 42.5 Å². The van der Waals surface area contributed by atoms with Crippen LogP contribution in [0.2, 0.25) is 0 Å². The molecule has 0 spiro atoms. The smallest absolute Gasteiger partial charge is 0.393 e. The summed E-state index contributed by atoms with van der Waals surface area (Å²) in [5.41, 5.74) is 3.23. The fraction of sp³-hybridized carbons (Fsp3) is 0.562. The average molecular weight is 328 g/mol. The first-order valence-electron chi connectivity index (χ1n) is 7.72. The van der Waals surface area contributed by atoms with Gasteiger partial charge in [0.25, 0.3) is 0 Å². The number of benzene rings is 1. The molecular weight excluding hydrogens is 309 g/mol. The van der Waals surface area contributed by atoms with Gasteiger partial charge in [-0.1, -0.05) is 12.1 Å². The van der Waals surface area contributed by atoms with Crippen LogP contribution in [0.15, 0.2) is 23.3 Å². The Bertz CT molecular complexity index is 593. The second kappa shape index (κ2) is 6.49. The second-order valence-electron chi connectivity index (χ2n) is 6.01. The van der Waals surface area contributed by atoms with Crippen molar-refractivity contribution in [1.29, 1.82) is 0 Å². The number of nitrogens with one attached hydrogen (secondary N) is 1. The molecule has 2 aliphatic rings. The zero-order valence-electron chi connectivity index (χ0n) is 12.6. The molecule has 1 aliphatic heterocycles. The molecule has 4 nitrogen and oxygen atoms in total. The molecule has 126 valence electrons. The first-order valence-corrected chi connectivity index (χ1v) is 7.72. The van der Waals surface area contributed by atoms with Gasteiger partial charge in [-0.05, 0) is 43.2 Å². The van der Waals surface area contributed by atoms with E-state index in [9.17, 15) is 18.3 Å². The quantitative estimate of drug-likeness (QED) is 0.877. The molecule has 1 aromatic carbocycles. The maximum atomic E-state index is 13.5. The third-order valence-electron chi connectivity index (χ3n) is 4.45. The standard InChI is InChI=1S/C16H19F3N2O2/c17-16(18,19)14-7-11(15-8-23-9-20-21-15)3-6-13(14)10-1-4-12(22)5-2-10/h3,6-7,10,12,20,22H,1-2,4-5,8-9H2. The largest absolute Gasteiger partial charge is 0.416 e. The first-order chi connectivity index (χ1) is 10.9. The summed E-state index contributed by atoms with van der Waals surface area (Å²) in [4.78, 5) is 0. The number of aliphatic hydroxyl groups is 1. The van der Waals surface area contributed by atoms with Gasteiger partial charge in [0.1, 0.15) is 6.73 Å². The van der Waals surface area contributed by atoms with E-state index in [1.807, 2.05) is 0 Å². The molecule has 0 aromatic heterocycles. The maximum Gasteiger partial charge on any atom is 0.416 e. The second-order valence-corrected chi connectivity index (χ2v) is 6.01. The predicted molar refractivity (Wildman–Crippen MR) is 79.2 cm³/mol. The molecule has 1 fully saturated rings. The zero-order chi connectivity index (χ0) is 16.4. The van der Waals surface area contributed by atoms with Crippen LogP contribution in [-0.2, 0) is 10.9 Å². The van der Waals surface area contributed by atoms with Crippen LogP contribution in [0.1, 0.15) is 48.3 Å². The Hall–Kier alpha value is -1.60. The van der Waals surface area contributed by atoms with Crippen molar-refractivity contribution in [1.82, 2.24) is 5.43 Å². The van der Waals surface area contributed by atoms with Crippen LogP contribution in [0.4, 0.5) is 13.2 Å². The lowest BCUT2D eigenvalue weighted by molar-refractivity contribution is -0.138. The Labute approximate surface area is 132 Å². The van der Waals surface area contributed by atoms with Gasteiger partial charge in [0.15, 0.2) is 0 Å². The molecule has 1 aromatic rings. The third-order valence-corrected chi connectivity index (χ3v) is 4.45. The highest BCUT2D eigenvalue weighted by Crippen LogP contribution is 2.41. The van der Waals surface area contributed by atoms with E-state index >= 15 is 0 Å². The van der Waals surface area contributed by atoms with E-state index in [4.69, 9.17) is 4.74 Å². The molecule has 3 rings (SSSR count). The van der Waals surface area contributed by atoms with Gasteiger partial charge < -0.3 is 9.84 Å². The fourth-order valence-corrected chi connectivity index (χ4v) is 3.23. The fourth-order valence-electron chi connectivity index (χ4n) is 3.23. The monoisotopic (exact) mass is 328 g/mol. The van der Waals surface area contributed by atoms with Crippen LogP contribution in [0, 0.1) is 0 Å². The summed E-state index contributed by atoms with van der Waals surface area (Å²) < 4.78 is 45.6. The van der Waals surface area contributed by atoms with Crippen LogP contribution in [-0.4, -0.2) is 30.3 Å². The lowest BCUT2D eigenvalue weighted by Gasteiger charge is -2.28. The number of halogens is 3. The van der Waals surface area contributed by atoms with Gasteiger partial charge in [0, 0.05) is 5.56 Å². The molecule has 0 bridgehead atoms. The topological polar surface area (TPSA) is 53.9 Å². The number of hydrogen-bond acceptors (Lipinski definition) is 4. The number of rotatable bonds is 2. The summed E-state index contributed by atoms with van der Waals surface area (Å²) in [6, 6.07) is 4.39. The lowest BCUT2D eigenvalue weighted by Crippen LogP contribution is -2.27. The van der Waals surface area contributed by atoms with Gasteiger partial charge in [-0.2, -0.15) is 18.3 Å². The van der Waals surface area contributed by atoms with Gasteiger partial charge in [-0.3, -0.25) is 5.43 Å². The Morgan fingerprint density at radius 2 is 1.91 bits per heavy atom. The highest BCUT2D eigenvalue weighted by Gasteiger charge is 2.36. The number of aliphatic hydroxyl groups excluding tert-OH is 1. The van der Waals surface area contributed by atoms with Gasteiger partial charge in [-0.25, -0.2) is 0 Å². The average Bonchev–Trinajstić information content (AvgIpc) is 2.55. The van der Waals surface area contributed by atoms with Crippen molar-refractivity contribution in [2.24, 2.45) is 5.10 Å². The van der Waals surface area contributed by atoms with E-state index < -0.39 is 11.7 Å². The molecule has 0 amide bonds. The predicted octanol–water partition coefficient (Wildman–Crippen LogP) is 3.01. The SMILES string of the molecule is OC1CCC(c2ccc(C3=NNCOC3)cc2C(F)(F)F)CC1. The van der Waals surface area contributed by atoms with E-state index in [1.165, 1.54) is 0 Å². The van der Waals surface area contributed by atoms with E-state index in [0.717, 1.165) is 6.07 Å². The van der Waals surface area contributed by atoms with E-state index in [-0.39, 0.29) is 25.4 Å². The van der Waals surface area contributed by atoms with E-state index in [1.54, 1.807) is 12.1 Å².